The van der Waals surface area contributed by atoms with Crippen molar-refractivity contribution >= 4 is 11.9 Å². The molecule has 1 atom stereocenters. The molecule has 1 amide bonds. The van der Waals surface area contributed by atoms with Crippen LogP contribution in [-0.4, -0.2) is 31.6 Å². The number of carboxylic acid groups (broad SMARTS) is 1. The predicted octanol–water partition coefficient (Wildman–Crippen LogP) is 4.57. The van der Waals surface area contributed by atoms with Gasteiger partial charge >= 0.3 is 5.97 Å². The van der Waals surface area contributed by atoms with Gasteiger partial charge in [0.15, 0.2) is 0 Å². The number of amides is 1. The molecule has 0 radical (unpaired) electrons. The largest absolute Gasteiger partial charge is 0.478 e. The van der Waals surface area contributed by atoms with Crippen LogP contribution in [0.2, 0.25) is 0 Å². The van der Waals surface area contributed by atoms with E-state index in [1.54, 1.807) is 16.7 Å². The molecule has 0 spiro atoms. The predicted molar refractivity (Wildman–Crippen MR) is 127 cm³/mol. The number of carbonyl (C=O) groups is 2. The molecule has 1 unspecified atom stereocenters. The highest BCUT2D eigenvalue weighted by molar-refractivity contribution is 5.96. The average Bonchev–Trinajstić information content (AvgIpc) is 3.16. The van der Waals surface area contributed by atoms with Crippen molar-refractivity contribution in [3.05, 3.63) is 76.9 Å². The van der Waals surface area contributed by atoms with E-state index in [1.165, 1.54) is 0 Å². The fourth-order valence-corrected chi connectivity index (χ4v) is 4.04. The number of carboxylic acids is 1. The lowest BCUT2D eigenvalue weighted by molar-refractivity contribution is 0.0697. The first-order chi connectivity index (χ1) is 15.9. The maximum atomic E-state index is 12.4. The number of unbranched alkanes of at least 4 members (excludes halogenated alkanes) is 1. The maximum absolute atomic E-state index is 12.4. The fraction of sp³-hybridized carbons (Fsp3) is 0.346. The summed E-state index contributed by atoms with van der Waals surface area (Å²) in [6.07, 6.45) is 2.77. The molecular weight excluding hydrogens is 418 g/mol. The minimum Gasteiger partial charge on any atom is -0.478 e. The van der Waals surface area contributed by atoms with Crippen molar-refractivity contribution in [3.8, 4) is 11.1 Å². The molecule has 0 aliphatic carbocycles. The van der Waals surface area contributed by atoms with E-state index in [4.69, 9.17) is 5.73 Å². The van der Waals surface area contributed by atoms with Gasteiger partial charge in [0.25, 0.3) is 5.91 Å². The Labute approximate surface area is 193 Å². The first-order valence-corrected chi connectivity index (χ1v) is 11.4. The standard InChI is InChI=1S/C26H31N3O4/c1-3-5-12-22-28-23(21(30)9-4-2)24(25(27)31)29(22)16-17-13-14-19(20(15-17)26(32)33)18-10-7-6-8-11-18/h6-8,10-11,13-15,21,30H,3-5,9,12,16H2,1-2H3,(H2,27,31)(H,32,33). The Hall–Kier alpha value is -3.45. The van der Waals surface area contributed by atoms with E-state index in [-0.39, 0.29) is 17.8 Å². The summed E-state index contributed by atoms with van der Waals surface area (Å²) < 4.78 is 1.73. The molecule has 1 heterocycles. The molecule has 174 valence electrons. The zero-order valence-corrected chi connectivity index (χ0v) is 19.1. The van der Waals surface area contributed by atoms with Crippen LogP contribution in [0.3, 0.4) is 0 Å². The van der Waals surface area contributed by atoms with Gasteiger partial charge in [0.2, 0.25) is 0 Å². The van der Waals surface area contributed by atoms with Gasteiger partial charge in [-0.15, -0.1) is 0 Å². The highest BCUT2D eigenvalue weighted by atomic mass is 16.4. The Morgan fingerprint density at radius 3 is 2.42 bits per heavy atom. The number of aliphatic hydroxyl groups is 1. The van der Waals surface area contributed by atoms with Gasteiger partial charge < -0.3 is 20.5 Å². The molecule has 33 heavy (non-hydrogen) atoms. The van der Waals surface area contributed by atoms with Gasteiger partial charge in [-0.05, 0) is 35.6 Å². The van der Waals surface area contributed by atoms with E-state index in [9.17, 15) is 19.8 Å². The summed E-state index contributed by atoms with van der Waals surface area (Å²) >= 11 is 0. The summed E-state index contributed by atoms with van der Waals surface area (Å²) in [6.45, 7) is 4.25. The maximum Gasteiger partial charge on any atom is 0.336 e. The molecule has 0 saturated carbocycles. The smallest absolute Gasteiger partial charge is 0.336 e. The number of primary amides is 1. The van der Waals surface area contributed by atoms with Crippen LogP contribution in [-0.2, 0) is 13.0 Å². The van der Waals surface area contributed by atoms with Crippen LogP contribution in [0.25, 0.3) is 11.1 Å². The Bertz CT molecular complexity index is 1120. The number of nitrogens with zero attached hydrogens (tertiary/aromatic N) is 2. The number of aromatic nitrogens is 2. The number of nitrogens with two attached hydrogens (primary N) is 1. The van der Waals surface area contributed by atoms with Gasteiger partial charge in [-0.3, -0.25) is 4.79 Å². The Balaban J connectivity index is 2.08. The second-order valence-electron chi connectivity index (χ2n) is 8.17. The summed E-state index contributed by atoms with van der Waals surface area (Å²) in [7, 11) is 0. The number of aliphatic hydroxyl groups excluding tert-OH is 1. The summed E-state index contributed by atoms with van der Waals surface area (Å²) in [4.78, 5) is 29.0. The average molecular weight is 450 g/mol. The second kappa shape index (κ2) is 10.9. The lowest BCUT2D eigenvalue weighted by atomic mass is 9.97. The molecule has 2 aromatic carbocycles. The Morgan fingerprint density at radius 1 is 1.09 bits per heavy atom. The normalized spacial score (nSPS) is 12.0. The van der Waals surface area contributed by atoms with Gasteiger partial charge in [-0.2, -0.15) is 0 Å². The molecule has 3 rings (SSSR count). The van der Waals surface area contributed by atoms with Crippen molar-refractivity contribution < 1.29 is 19.8 Å². The van der Waals surface area contributed by atoms with Crippen molar-refractivity contribution in [1.82, 2.24) is 9.55 Å². The molecular formula is C26H31N3O4. The van der Waals surface area contributed by atoms with Crippen LogP contribution in [0.1, 0.15) is 83.6 Å². The summed E-state index contributed by atoms with van der Waals surface area (Å²) in [5, 5.41) is 20.4. The zero-order valence-electron chi connectivity index (χ0n) is 19.1. The highest BCUT2D eigenvalue weighted by Gasteiger charge is 2.26. The lowest BCUT2D eigenvalue weighted by Crippen LogP contribution is -2.21. The van der Waals surface area contributed by atoms with E-state index in [0.717, 1.165) is 24.8 Å². The van der Waals surface area contributed by atoms with Gasteiger partial charge in [0, 0.05) is 13.0 Å². The molecule has 0 aliphatic heterocycles. The second-order valence-corrected chi connectivity index (χ2v) is 8.17. The molecule has 7 nitrogen and oxygen atoms in total. The van der Waals surface area contributed by atoms with Crippen molar-refractivity contribution in [3.63, 3.8) is 0 Å². The van der Waals surface area contributed by atoms with E-state index in [2.05, 4.69) is 11.9 Å². The SMILES string of the molecule is CCCCc1nc(C(O)CCC)c(C(N)=O)n1Cc1ccc(-c2ccccc2)c(C(=O)O)c1. The number of benzene rings is 2. The summed E-state index contributed by atoms with van der Waals surface area (Å²) in [6, 6.07) is 14.6. The Morgan fingerprint density at radius 2 is 1.82 bits per heavy atom. The van der Waals surface area contributed by atoms with Gasteiger partial charge in [0.05, 0.1) is 11.7 Å². The lowest BCUT2D eigenvalue weighted by Gasteiger charge is -2.14. The van der Waals surface area contributed by atoms with Crippen molar-refractivity contribution in [2.75, 3.05) is 0 Å². The highest BCUT2D eigenvalue weighted by Crippen LogP contribution is 2.28. The molecule has 0 saturated heterocycles. The molecule has 0 fully saturated rings. The number of rotatable bonds is 11. The third-order valence-corrected chi connectivity index (χ3v) is 5.68. The van der Waals surface area contributed by atoms with Crippen LogP contribution in [0, 0.1) is 0 Å². The first kappa shape index (κ1) is 24.2. The minimum absolute atomic E-state index is 0.181. The number of hydrogen-bond acceptors (Lipinski definition) is 4. The van der Waals surface area contributed by atoms with E-state index in [0.29, 0.717) is 35.5 Å². The monoisotopic (exact) mass is 449 g/mol. The molecule has 4 N–H and O–H groups in total. The van der Waals surface area contributed by atoms with Crippen LogP contribution < -0.4 is 5.73 Å². The number of aryl methyl sites for hydroxylation is 1. The van der Waals surface area contributed by atoms with Gasteiger partial charge in [0.1, 0.15) is 17.2 Å². The quantitative estimate of drug-likeness (QED) is 0.396. The first-order valence-electron chi connectivity index (χ1n) is 11.4. The number of aromatic carboxylic acids is 1. The number of imidazole rings is 1. The topological polar surface area (TPSA) is 118 Å². The third-order valence-electron chi connectivity index (χ3n) is 5.68. The molecule has 1 aromatic heterocycles. The van der Waals surface area contributed by atoms with E-state index in [1.807, 2.05) is 43.3 Å². The summed E-state index contributed by atoms with van der Waals surface area (Å²) in [5.41, 5.74) is 8.53. The van der Waals surface area contributed by atoms with Gasteiger partial charge in [-0.25, -0.2) is 9.78 Å². The van der Waals surface area contributed by atoms with E-state index >= 15 is 0 Å². The third kappa shape index (κ3) is 5.49. The van der Waals surface area contributed by atoms with Crippen LogP contribution >= 0.6 is 0 Å². The minimum atomic E-state index is -1.03. The zero-order chi connectivity index (χ0) is 24.0. The number of carbonyl (C=O) groups excluding carboxylic acids is 1. The molecule has 7 heteroatoms. The summed E-state index contributed by atoms with van der Waals surface area (Å²) in [5.74, 6) is -1.02. The van der Waals surface area contributed by atoms with Gasteiger partial charge in [-0.1, -0.05) is 69.2 Å². The van der Waals surface area contributed by atoms with Crippen LogP contribution in [0.15, 0.2) is 48.5 Å². The van der Waals surface area contributed by atoms with Crippen molar-refractivity contribution in [2.45, 2.75) is 58.6 Å². The van der Waals surface area contributed by atoms with Crippen LogP contribution in [0.5, 0.6) is 0 Å². The molecule has 0 bridgehead atoms. The Kier molecular flexibility index (Phi) is 8.01. The molecule has 3 aromatic rings. The van der Waals surface area contributed by atoms with E-state index < -0.39 is 18.0 Å². The van der Waals surface area contributed by atoms with Crippen molar-refractivity contribution in [1.29, 1.82) is 0 Å². The molecule has 0 aliphatic rings. The fourth-order valence-electron chi connectivity index (χ4n) is 4.04. The van der Waals surface area contributed by atoms with Crippen molar-refractivity contribution in [2.24, 2.45) is 5.73 Å². The number of hydrogen-bond donors (Lipinski definition) is 3. The van der Waals surface area contributed by atoms with Crippen LogP contribution in [0.4, 0.5) is 0 Å².